The molecule has 0 aromatic carbocycles. The van der Waals surface area contributed by atoms with E-state index in [0.717, 1.165) is 22.4 Å². The molecular weight excluding hydrogens is 506 g/mol. The minimum absolute atomic E-state index is 0.182. The molecule has 1 saturated heterocycles. The Kier molecular flexibility index (Phi) is 11.6. The Morgan fingerprint density at radius 2 is 1.15 bits per heavy atom. The third kappa shape index (κ3) is 10.1. The second-order valence-corrected chi connectivity index (χ2v) is 9.26. The van der Waals surface area contributed by atoms with Crippen LogP contribution in [0.15, 0.2) is 50.0 Å². The molecule has 1 aromatic rings. The lowest BCUT2D eigenvalue weighted by atomic mass is 10.2. The van der Waals surface area contributed by atoms with Crippen molar-refractivity contribution in [3.05, 3.63) is 45.7 Å². The third-order valence-corrected chi connectivity index (χ3v) is 4.75. The number of aliphatic imine (C=N–C) groups is 2. The molecule has 0 bridgehead atoms. The van der Waals surface area contributed by atoms with E-state index in [-0.39, 0.29) is 29.6 Å². The number of aromatic amines is 1. The Bertz CT molecular complexity index is 1230. The molecule has 1 aromatic heterocycles. The number of imidazole rings is 1. The summed E-state index contributed by atoms with van der Waals surface area (Å²) >= 11 is 0. The number of allylic oxidation sites excluding steroid dienone is 3. The van der Waals surface area contributed by atoms with Gasteiger partial charge in [-0.3, -0.25) is 30.3 Å². The van der Waals surface area contributed by atoms with Gasteiger partial charge in [0.2, 0.25) is 11.9 Å². The largest absolute Gasteiger partial charge is 0.369 e. The zero-order valence-electron chi connectivity index (χ0n) is 23.4. The number of anilines is 1. The molecule has 0 atom stereocenters. The van der Waals surface area contributed by atoms with Crippen LogP contribution in [0.2, 0.25) is 0 Å². The van der Waals surface area contributed by atoms with Crippen LogP contribution < -0.4 is 38.5 Å². The van der Waals surface area contributed by atoms with Crippen molar-refractivity contribution in [1.82, 2.24) is 31.2 Å². The van der Waals surface area contributed by atoms with Gasteiger partial charge in [-0.05, 0) is 64.2 Å². The van der Waals surface area contributed by atoms with Crippen LogP contribution in [-0.4, -0.2) is 45.6 Å². The number of guanidine groups is 2. The fourth-order valence-electron chi connectivity index (χ4n) is 2.79. The van der Waals surface area contributed by atoms with Gasteiger partial charge in [-0.25, -0.2) is 19.8 Å². The SMILES string of the molecule is CC(C)=C1N=C(N)NC1=O.CC(C)=C1N=C(N)NC1=O.CC(C)=C1NC(=O)NC1=O.CC(C)c1cnc(N)[nH]1. The molecule has 0 aliphatic carbocycles. The summed E-state index contributed by atoms with van der Waals surface area (Å²) in [6.45, 7) is 15.0. The number of urea groups is 1. The van der Waals surface area contributed by atoms with E-state index in [1.807, 2.05) is 27.7 Å². The molecule has 212 valence electrons. The van der Waals surface area contributed by atoms with Gasteiger partial charge in [0.05, 0.1) is 6.20 Å². The summed E-state index contributed by atoms with van der Waals surface area (Å²) < 4.78 is 0. The van der Waals surface area contributed by atoms with Gasteiger partial charge in [0, 0.05) is 5.69 Å². The number of nitrogens with zero attached hydrogens (tertiary/aromatic N) is 3. The quantitative estimate of drug-likeness (QED) is 0.184. The monoisotopic (exact) mass is 543 g/mol. The predicted molar refractivity (Wildman–Crippen MR) is 148 cm³/mol. The Labute approximate surface area is 226 Å². The van der Waals surface area contributed by atoms with Crippen LogP contribution in [0.4, 0.5) is 10.7 Å². The summed E-state index contributed by atoms with van der Waals surface area (Å²) in [4.78, 5) is 57.4. The van der Waals surface area contributed by atoms with Gasteiger partial charge in [0.25, 0.3) is 17.7 Å². The van der Waals surface area contributed by atoms with E-state index >= 15 is 0 Å². The summed E-state index contributed by atoms with van der Waals surface area (Å²) in [7, 11) is 0. The van der Waals surface area contributed by atoms with Gasteiger partial charge in [0.15, 0.2) is 5.95 Å². The van der Waals surface area contributed by atoms with Crippen molar-refractivity contribution in [3.8, 4) is 0 Å². The van der Waals surface area contributed by atoms with Crippen molar-refractivity contribution in [2.45, 2.75) is 61.3 Å². The predicted octanol–water partition coefficient (Wildman–Crippen LogP) is 0.685. The average molecular weight is 544 g/mol. The van der Waals surface area contributed by atoms with Crippen molar-refractivity contribution in [3.63, 3.8) is 0 Å². The van der Waals surface area contributed by atoms with Crippen LogP contribution in [-0.2, 0) is 14.4 Å². The molecule has 1 fully saturated rings. The van der Waals surface area contributed by atoms with Gasteiger partial charge < -0.3 is 27.5 Å². The molecule has 0 saturated carbocycles. The Hall–Kier alpha value is -4.95. The van der Waals surface area contributed by atoms with Crippen molar-refractivity contribution in [2.75, 3.05) is 5.73 Å². The number of amides is 5. The standard InChI is InChI=1S/2C6H9N3O.C6H11N3.C6H8N2O2/c2*1-3(2)4-5(10)9-6(7)8-4;1-4(2)5-3-8-6(7)9-5;1-3(2)4-5(9)8-6(10)7-4/h2*1-2H3,(H3,7,8,9,10);3-4H,1-2H3,(H3,7,8,9);1-2H3,(H2,7,8,9,10). The summed E-state index contributed by atoms with van der Waals surface area (Å²) in [5, 5.41) is 9.24. The molecular formula is C24H37N11O4. The van der Waals surface area contributed by atoms with E-state index in [0.29, 0.717) is 29.0 Å². The summed E-state index contributed by atoms with van der Waals surface area (Å²) in [6, 6.07) is -0.443. The van der Waals surface area contributed by atoms with Gasteiger partial charge in [-0.2, -0.15) is 0 Å². The van der Waals surface area contributed by atoms with Crippen molar-refractivity contribution in [2.24, 2.45) is 21.5 Å². The molecule has 4 heterocycles. The van der Waals surface area contributed by atoms with Crippen LogP contribution in [0.25, 0.3) is 0 Å². The fraction of sp³-hybridized carbons (Fsp3) is 0.375. The Balaban J connectivity index is 0.000000260. The molecule has 3 aliphatic heterocycles. The maximum Gasteiger partial charge on any atom is 0.326 e. The van der Waals surface area contributed by atoms with Crippen LogP contribution in [0.1, 0.15) is 67.0 Å². The van der Waals surface area contributed by atoms with E-state index in [1.165, 1.54) is 0 Å². The highest BCUT2D eigenvalue weighted by molar-refractivity contribution is 6.12. The molecule has 39 heavy (non-hydrogen) atoms. The average Bonchev–Trinajstić information content (AvgIpc) is 3.57. The Morgan fingerprint density at radius 3 is 1.31 bits per heavy atom. The number of carbonyl (C=O) groups is 4. The molecule has 11 N–H and O–H groups in total. The Morgan fingerprint density at radius 1 is 0.692 bits per heavy atom. The smallest absolute Gasteiger partial charge is 0.326 e. The van der Waals surface area contributed by atoms with Gasteiger partial charge in [-0.15, -0.1) is 0 Å². The first-order chi connectivity index (χ1) is 18.0. The van der Waals surface area contributed by atoms with E-state index in [1.54, 1.807) is 20.0 Å². The maximum absolute atomic E-state index is 10.9. The van der Waals surface area contributed by atoms with Gasteiger partial charge in [0.1, 0.15) is 17.1 Å². The summed E-state index contributed by atoms with van der Waals surface area (Å²) in [5.41, 5.74) is 20.7. The molecule has 4 rings (SSSR count). The molecule has 15 heteroatoms. The van der Waals surface area contributed by atoms with Crippen LogP contribution in [0.3, 0.4) is 0 Å². The lowest BCUT2D eigenvalue weighted by molar-refractivity contribution is -0.116. The number of carbonyl (C=O) groups excluding carboxylic acids is 4. The number of hydrogen-bond acceptors (Lipinski definition) is 10. The first-order valence-electron chi connectivity index (χ1n) is 11.8. The lowest BCUT2D eigenvalue weighted by Gasteiger charge is -1.96. The zero-order valence-corrected chi connectivity index (χ0v) is 23.4. The third-order valence-electron chi connectivity index (χ3n) is 4.75. The van der Waals surface area contributed by atoms with E-state index < -0.39 is 6.03 Å². The number of nitrogen functional groups attached to an aromatic ring is 1. The van der Waals surface area contributed by atoms with Crippen LogP contribution >= 0.6 is 0 Å². The summed E-state index contributed by atoms with van der Waals surface area (Å²) in [5.74, 6) is 0.580. The highest BCUT2D eigenvalue weighted by Gasteiger charge is 2.23. The molecule has 0 radical (unpaired) electrons. The van der Waals surface area contributed by atoms with E-state index in [2.05, 4.69) is 55.1 Å². The summed E-state index contributed by atoms with van der Waals surface area (Å²) in [6.07, 6.45) is 1.76. The second kappa shape index (κ2) is 14.1. The number of nitrogens with two attached hydrogens (primary N) is 3. The maximum atomic E-state index is 10.9. The second-order valence-electron chi connectivity index (χ2n) is 9.26. The highest BCUT2D eigenvalue weighted by atomic mass is 16.2. The molecule has 0 unspecified atom stereocenters. The number of H-pyrrole nitrogens is 1. The number of imide groups is 1. The fourth-order valence-corrected chi connectivity index (χ4v) is 2.79. The number of nitrogens with one attached hydrogen (secondary N) is 5. The molecule has 5 amide bonds. The first-order valence-corrected chi connectivity index (χ1v) is 11.8. The van der Waals surface area contributed by atoms with E-state index in [9.17, 15) is 19.2 Å². The van der Waals surface area contributed by atoms with E-state index in [4.69, 9.17) is 17.2 Å². The topological polar surface area (TPSA) is 248 Å². The zero-order chi connectivity index (χ0) is 30.0. The van der Waals surface area contributed by atoms with Gasteiger partial charge in [-0.1, -0.05) is 13.8 Å². The van der Waals surface area contributed by atoms with Crippen molar-refractivity contribution in [1.29, 1.82) is 0 Å². The van der Waals surface area contributed by atoms with Crippen LogP contribution in [0.5, 0.6) is 0 Å². The molecule has 3 aliphatic rings. The van der Waals surface area contributed by atoms with Crippen molar-refractivity contribution < 1.29 is 19.2 Å². The van der Waals surface area contributed by atoms with Gasteiger partial charge >= 0.3 is 6.03 Å². The van der Waals surface area contributed by atoms with Crippen molar-refractivity contribution >= 4 is 41.6 Å². The normalized spacial score (nSPS) is 15.4. The number of aromatic nitrogens is 2. The molecule has 15 nitrogen and oxygen atoms in total. The highest BCUT2D eigenvalue weighted by Crippen LogP contribution is 2.11. The van der Waals surface area contributed by atoms with Crippen LogP contribution in [0, 0.1) is 0 Å². The minimum Gasteiger partial charge on any atom is -0.369 e. The minimum atomic E-state index is -0.443. The lowest BCUT2D eigenvalue weighted by Crippen LogP contribution is -2.30. The number of hydrogen-bond donors (Lipinski definition) is 8. The first kappa shape index (κ1) is 32.1. The number of rotatable bonds is 1. The molecule has 0 spiro atoms.